The van der Waals surface area contributed by atoms with Gasteiger partial charge in [-0.1, -0.05) is 6.92 Å². The summed E-state index contributed by atoms with van der Waals surface area (Å²) in [6, 6.07) is -0.392. The van der Waals surface area contributed by atoms with E-state index in [2.05, 4.69) is 16.0 Å². The zero-order valence-electron chi connectivity index (χ0n) is 10.8. The van der Waals surface area contributed by atoms with E-state index in [-0.39, 0.29) is 18.9 Å². The number of carbonyl (C=O) groups is 3. The van der Waals surface area contributed by atoms with Gasteiger partial charge in [-0.2, -0.15) is 0 Å². The van der Waals surface area contributed by atoms with Crippen LogP contribution in [0.2, 0.25) is 0 Å². The Balaban J connectivity index is 3.54. The molecule has 18 heavy (non-hydrogen) atoms. The lowest BCUT2D eigenvalue weighted by Crippen LogP contribution is -2.38. The van der Waals surface area contributed by atoms with Crippen molar-refractivity contribution >= 4 is 17.9 Å². The topological polar surface area (TPSA) is 108 Å². The Labute approximate surface area is 106 Å². The Morgan fingerprint density at radius 1 is 1.11 bits per heavy atom. The molecule has 0 bridgehead atoms. The number of rotatable bonds is 8. The van der Waals surface area contributed by atoms with E-state index in [0.717, 1.165) is 0 Å². The van der Waals surface area contributed by atoms with Gasteiger partial charge in [0.1, 0.15) is 0 Å². The summed E-state index contributed by atoms with van der Waals surface area (Å²) in [4.78, 5) is 32.8. The van der Waals surface area contributed by atoms with Crippen molar-refractivity contribution in [3.63, 3.8) is 0 Å². The summed E-state index contributed by atoms with van der Waals surface area (Å²) in [6.07, 6.45) is 0.603. The lowest BCUT2D eigenvalue weighted by atomic mass is 10.1. The number of hydrogen-bond donors (Lipinski definition) is 4. The first-order valence-corrected chi connectivity index (χ1v) is 5.98. The molecule has 0 aliphatic carbocycles. The molecule has 1 atom stereocenters. The number of hydrogen-bond acceptors (Lipinski definition) is 3. The minimum atomic E-state index is -0.881. The Morgan fingerprint density at radius 3 is 2.28 bits per heavy atom. The van der Waals surface area contributed by atoms with Crippen molar-refractivity contribution in [1.82, 2.24) is 16.0 Å². The third-order valence-electron chi connectivity index (χ3n) is 2.30. The average molecular weight is 259 g/mol. The maximum atomic E-state index is 11.2. The van der Waals surface area contributed by atoms with Crippen molar-refractivity contribution in [2.24, 2.45) is 5.92 Å². The van der Waals surface area contributed by atoms with Crippen LogP contribution >= 0.6 is 0 Å². The molecule has 3 amide bonds. The highest BCUT2D eigenvalue weighted by atomic mass is 16.4. The van der Waals surface area contributed by atoms with Crippen LogP contribution in [0.1, 0.15) is 26.7 Å². The van der Waals surface area contributed by atoms with Crippen LogP contribution in [0.5, 0.6) is 0 Å². The molecule has 104 valence electrons. The molecule has 0 saturated carbocycles. The second kappa shape index (κ2) is 9.26. The lowest BCUT2D eigenvalue weighted by molar-refractivity contribution is -0.141. The van der Waals surface area contributed by atoms with Crippen LogP contribution in [0, 0.1) is 5.92 Å². The normalized spacial score (nSPS) is 11.4. The zero-order chi connectivity index (χ0) is 14.0. The molecule has 0 radical (unpaired) electrons. The van der Waals surface area contributed by atoms with E-state index in [1.54, 1.807) is 6.92 Å². The minimum absolute atomic E-state index is 0.114. The number of urea groups is 1. The highest BCUT2D eigenvalue weighted by Gasteiger charge is 2.10. The first kappa shape index (κ1) is 16.2. The summed E-state index contributed by atoms with van der Waals surface area (Å²) in [5, 5.41) is 16.3. The van der Waals surface area contributed by atoms with E-state index in [9.17, 15) is 14.4 Å². The van der Waals surface area contributed by atoms with Gasteiger partial charge >= 0.3 is 12.0 Å². The maximum absolute atomic E-state index is 11.2. The molecule has 1 unspecified atom stereocenters. The summed E-state index contributed by atoms with van der Waals surface area (Å²) in [6.45, 7) is 4.52. The van der Waals surface area contributed by atoms with Gasteiger partial charge in [0, 0.05) is 26.1 Å². The monoisotopic (exact) mass is 259 g/mol. The summed E-state index contributed by atoms with van der Waals surface area (Å²) >= 11 is 0. The fourth-order valence-electron chi connectivity index (χ4n) is 1.16. The highest BCUT2D eigenvalue weighted by molar-refractivity contribution is 5.78. The summed E-state index contributed by atoms with van der Waals surface area (Å²) < 4.78 is 0. The Hall–Kier alpha value is -1.79. The SMILES string of the molecule is CCNC(=O)CCNC(=O)NCCC(C)C(=O)O. The van der Waals surface area contributed by atoms with Gasteiger partial charge in [-0.3, -0.25) is 9.59 Å². The van der Waals surface area contributed by atoms with E-state index in [1.807, 2.05) is 6.92 Å². The summed E-state index contributed by atoms with van der Waals surface area (Å²) in [7, 11) is 0. The van der Waals surface area contributed by atoms with Crippen LogP contribution in [0.3, 0.4) is 0 Å². The van der Waals surface area contributed by atoms with Crippen molar-refractivity contribution in [3.8, 4) is 0 Å². The van der Waals surface area contributed by atoms with Gasteiger partial charge < -0.3 is 21.1 Å². The number of carboxylic acids is 1. The Kier molecular flexibility index (Phi) is 8.34. The van der Waals surface area contributed by atoms with Crippen LogP contribution in [-0.4, -0.2) is 42.6 Å². The average Bonchev–Trinajstić information content (AvgIpc) is 2.29. The van der Waals surface area contributed by atoms with Gasteiger partial charge in [-0.25, -0.2) is 4.79 Å². The highest BCUT2D eigenvalue weighted by Crippen LogP contribution is 1.99. The van der Waals surface area contributed by atoms with Crippen LogP contribution in [0.15, 0.2) is 0 Å². The molecule has 0 spiro atoms. The molecule has 4 N–H and O–H groups in total. The molecule has 0 aliphatic rings. The standard InChI is InChI=1S/C11H21N3O4/c1-3-12-9(15)5-7-14-11(18)13-6-4-8(2)10(16)17/h8H,3-7H2,1-2H3,(H,12,15)(H,16,17)(H2,13,14,18). The number of amides is 3. The van der Waals surface area contributed by atoms with Crippen molar-refractivity contribution in [1.29, 1.82) is 0 Å². The van der Waals surface area contributed by atoms with Crippen LogP contribution in [-0.2, 0) is 9.59 Å². The molecule has 0 aromatic heterocycles. The second-order valence-corrected chi connectivity index (χ2v) is 3.91. The molecule has 0 heterocycles. The largest absolute Gasteiger partial charge is 0.481 e. The van der Waals surface area contributed by atoms with Crippen LogP contribution < -0.4 is 16.0 Å². The molecule has 0 saturated heterocycles. The van der Waals surface area contributed by atoms with Gasteiger partial charge in [-0.15, -0.1) is 0 Å². The predicted octanol–water partition coefficient (Wildman–Crippen LogP) is -0.0774. The zero-order valence-corrected chi connectivity index (χ0v) is 10.8. The molecular weight excluding hydrogens is 238 g/mol. The van der Waals surface area contributed by atoms with E-state index in [1.165, 1.54) is 0 Å². The number of carbonyl (C=O) groups excluding carboxylic acids is 2. The van der Waals surface area contributed by atoms with E-state index in [4.69, 9.17) is 5.11 Å². The molecule has 0 aromatic rings. The molecule has 0 aliphatic heterocycles. The molecule has 0 fully saturated rings. The van der Waals surface area contributed by atoms with Crippen LogP contribution in [0.25, 0.3) is 0 Å². The van der Waals surface area contributed by atoms with Crippen LogP contribution in [0.4, 0.5) is 4.79 Å². The third-order valence-corrected chi connectivity index (χ3v) is 2.30. The quantitative estimate of drug-likeness (QED) is 0.489. The number of carboxylic acid groups (broad SMARTS) is 1. The van der Waals surface area contributed by atoms with Crippen molar-refractivity contribution in [3.05, 3.63) is 0 Å². The Morgan fingerprint density at radius 2 is 1.72 bits per heavy atom. The van der Waals surface area contributed by atoms with Crippen molar-refractivity contribution in [2.45, 2.75) is 26.7 Å². The fraction of sp³-hybridized carbons (Fsp3) is 0.727. The summed E-state index contributed by atoms with van der Waals surface area (Å²) in [5.74, 6) is -1.48. The second-order valence-electron chi connectivity index (χ2n) is 3.91. The molecule has 7 nitrogen and oxygen atoms in total. The number of nitrogens with one attached hydrogen (secondary N) is 3. The third kappa shape index (κ3) is 8.37. The van der Waals surface area contributed by atoms with Gasteiger partial charge in [0.05, 0.1) is 5.92 Å². The summed E-state index contributed by atoms with van der Waals surface area (Å²) in [5.41, 5.74) is 0. The van der Waals surface area contributed by atoms with Gasteiger partial charge in [0.15, 0.2) is 0 Å². The van der Waals surface area contributed by atoms with Gasteiger partial charge in [0.2, 0.25) is 5.91 Å². The van der Waals surface area contributed by atoms with E-state index in [0.29, 0.717) is 19.5 Å². The molecule has 0 rings (SSSR count). The first-order valence-electron chi connectivity index (χ1n) is 5.98. The smallest absolute Gasteiger partial charge is 0.314 e. The van der Waals surface area contributed by atoms with E-state index < -0.39 is 17.9 Å². The molecule has 7 heteroatoms. The minimum Gasteiger partial charge on any atom is -0.481 e. The molecule has 0 aromatic carbocycles. The first-order chi connectivity index (χ1) is 8.47. The molecular formula is C11H21N3O4. The fourth-order valence-corrected chi connectivity index (χ4v) is 1.16. The van der Waals surface area contributed by atoms with Gasteiger partial charge in [-0.05, 0) is 13.3 Å². The Bertz CT molecular complexity index is 294. The van der Waals surface area contributed by atoms with Crippen molar-refractivity contribution in [2.75, 3.05) is 19.6 Å². The van der Waals surface area contributed by atoms with Crippen molar-refractivity contribution < 1.29 is 19.5 Å². The number of aliphatic carboxylic acids is 1. The predicted molar refractivity (Wildman–Crippen MR) is 66.1 cm³/mol. The maximum Gasteiger partial charge on any atom is 0.314 e. The van der Waals surface area contributed by atoms with E-state index >= 15 is 0 Å². The lowest BCUT2D eigenvalue weighted by Gasteiger charge is -2.09. The van der Waals surface area contributed by atoms with Gasteiger partial charge in [0.25, 0.3) is 0 Å².